The Morgan fingerprint density at radius 2 is 1.52 bits per heavy atom. The number of nitrogens with one attached hydrogen (secondary N) is 1. The van der Waals surface area contributed by atoms with Gasteiger partial charge in [0.05, 0.1) is 12.6 Å². The largest absolute Gasteiger partial charge is 0.346 e. The smallest absolute Gasteiger partial charge is 0.242 e. The zero-order valence-electron chi connectivity index (χ0n) is 16.9. The van der Waals surface area contributed by atoms with Crippen LogP contribution in [0.25, 0.3) is 0 Å². The van der Waals surface area contributed by atoms with Crippen molar-refractivity contribution in [3.8, 4) is 0 Å². The lowest BCUT2D eigenvalue weighted by Crippen LogP contribution is -2.53. The fraction of sp³-hybridized carbons (Fsp3) is 0.850. The average molecular weight is 381 g/mol. The summed E-state index contributed by atoms with van der Waals surface area (Å²) in [5.74, 6) is 0.544. The van der Waals surface area contributed by atoms with Gasteiger partial charge in [-0.3, -0.25) is 14.4 Å². The lowest BCUT2D eigenvalue weighted by atomic mass is 9.86. The molecule has 1 saturated heterocycles. The third kappa shape index (κ3) is 6.79. The van der Waals surface area contributed by atoms with E-state index in [9.17, 15) is 14.4 Å². The molecule has 3 N–H and O–H groups in total. The molecule has 1 atom stereocenters. The molecule has 2 fully saturated rings. The first-order valence-corrected chi connectivity index (χ1v) is 10.5. The lowest BCUT2D eigenvalue weighted by Gasteiger charge is -2.35. The van der Waals surface area contributed by atoms with Gasteiger partial charge in [-0.1, -0.05) is 46.0 Å². The first-order chi connectivity index (χ1) is 12.9. The zero-order valence-corrected chi connectivity index (χ0v) is 16.9. The summed E-state index contributed by atoms with van der Waals surface area (Å²) in [5.41, 5.74) is 5.78. The van der Waals surface area contributed by atoms with Crippen molar-refractivity contribution in [2.75, 3.05) is 32.7 Å². The molecule has 1 aliphatic carbocycles. The molecule has 0 unspecified atom stereocenters. The highest BCUT2D eigenvalue weighted by atomic mass is 16.2. The fourth-order valence-corrected chi connectivity index (χ4v) is 3.86. The van der Waals surface area contributed by atoms with E-state index in [2.05, 4.69) is 5.32 Å². The van der Waals surface area contributed by atoms with E-state index in [1.54, 1.807) is 4.90 Å². The Bertz CT molecular complexity index is 509. The van der Waals surface area contributed by atoms with E-state index in [0.29, 0.717) is 38.5 Å². The van der Waals surface area contributed by atoms with Gasteiger partial charge in [0.1, 0.15) is 0 Å². The Morgan fingerprint density at radius 3 is 2.07 bits per heavy atom. The number of nitrogens with two attached hydrogens (primary N) is 1. The van der Waals surface area contributed by atoms with E-state index >= 15 is 0 Å². The predicted molar refractivity (Wildman–Crippen MR) is 105 cm³/mol. The lowest BCUT2D eigenvalue weighted by molar-refractivity contribution is -0.139. The average Bonchev–Trinajstić information content (AvgIpc) is 2.70. The van der Waals surface area contributed by atoms with E-state index < -0.39 is 6.04 Å². The van der Waals surface area contributed by atoms with Gasteiger partial charge >= 0.3 is 0 Å². The number of piperazine rings is 1. The van der Waals surface area contributed by atoms with E-state index in [1.165, 1.54) is 32.1 Å². The summed E-state index contributed by atoms with van der Waals surface area (Å²) in [7, 11) is 0. The van der Waals surface area contributed by atoms with Crippen LogP contribution in [-0.4, -0.2) is 66.3 Å². The molecule has 0 bridgehead atoms. The van der Waals surface area contributed by atoms with Gasteiger partial charge < -0.3 is 20.9 Å². The van der Waals surface area contributed by atoms with E-state index in [0.717, 1.165) is 6.42 Å². The molecular formula is C20H36N4O3. The van der Waals surface area contributed by atoms with Crippen LogP contribution in [0.2, 0.25) is 0 Å². The molecule has 1 heterocycles. The third-order valence-corrected chi connectivity index (χ3v) is 5.91. The van der Waals surface area contributed by atoms with Crippen LogP contribution in [0.3, 0.4) is 0 Å². The summed E-state index contributed by atoms with van der Waals surface area (Å²) in [4.78, 5) is 40.1. The summed E-state index contributed by atoms with van der Waals surface area (Å²) in [6.07, 6.45) is 8.10. The van der Waals surface area contributed by atoms with Crippen molar-refractivity contribution in [2.24, 2.45) is 17.6 Å². The van der Waals surface area contributed by atoms with Crippen LogP contribution in [0.5, 0.6) is 0 Å². The molecule has 3 amide bonds. The normalized spacial score (nSPS) is 19.9. The Morgan fingerprint density at radius 1 is 0.963 bits per heavy atom. The quantitative estimate of drug-likeness (QED) is 0.692. The number of nitrogens with zero attached hydrogens (tertiary/aromatic N) is 2. The topological polar surface area (TPSA) is 95.7 Å². The Hall–Kier alpha value is -1.63. The molecule has 0 aromatic rings. The second-order valence-corrected chi connectivity index (χ2v) is 8.29. The molecule has 7 nitrogen and oxygen atoms in total. The van der Waals surface area contributed by atoms with Gasteiger partial charge in [0, 0.05) is 32.6 Å². The highest BCUT2D eigenvalue weighted by Crippen LogP contribution is 2.27. The molecule has 2 aliphatic rings. The highest BCUT2D eigenvalue weighted by molar-refractivity contribution is 5.87. The Balaban J connectivity index is 1.65. The third-order valence-electron chi connectivity index (χ3n) is 5.91. The van der Waals surface area contributed by atoms with Gasteiger partial charge in [0.15, 0.2) is 0 Å². The van der Waals surface area contributed by atoms with Gasteiger partial charge in [-0.05, 0) is 18.3 Å². The standard InChI is InChI=1S/C20H36N4O3/c1-15(2)19(21)20(27)22-14-18(26)24-12-10-23(11-13-24)17(25)9-8-16-6-4-3-5-7-16/h15-16,19H,3-14,21H2,1-2H3,(H,22,27)/t19-/m0/s1. The van der Waals surface area contributed by atoms with Crippen LogP contribution in [0.1, 0.15) is 58.8 Å². The molecule has 2 rings (SSSR count). The molecule has 27 heavy (non-hydrogen) atoms. The molecule has 0 radical (unpaired) electrons. The van der Waals surface area contributed by atoms with Gasteiger partial charge in [0.25, 0.3) is 0 Å². The molecule has 0 spiro atoms. The summed E-state index contributed by atoms with van der Waals surface area (Å²) in [5, 5.41) is 2.62. The van der Waals surface area contributed by atoms with Gasteiger partial charge in [-0.2, -0.15) is 0 Å². The van der Waals surface area contributed by atoms with Gasteiger partial charge in [-0.15, -0.1) is 0 Å². The number of hydrogen-bond donors (Lipinski definition) is 2. The minimum absolute atomic E-state index is 0.0308. The SMILES string of the molecule is CC(C)[C@H](N)C(=O)NCC(=O)N1CCN(C(=O)CCC2CCCCC2)CC1. The molecule has 1 saturated carbocycles. The first kappa shape index (κ1) is 21.7. The van der Waals surface area contributed by atoms with E-state index in [1.807, 2.05) is 18.7 Å². The number of amides is 3. The van der Waals surface area contributed by atoms with Crippen LogP contribution >= 0.6 is 0 Å². The Kier molecular flexibility index (Phi) is 8.54. The van der Waals surface area contributed by atoms with Crippen LogP contribution in [0, 0.1) is 11.8 Å². The number of hydrogen-bond acceptors (Lipinski definition) is 4. The van der Waals surface area contributed by atoms with Crippen LogP contribution in [-0.2, 0) is 14.4 Å². The summed E-state index contributed by atoms with van der Waals surface area (Å²) < 4.78 is 0. The van der Waals surface area contributed by atoms with Crippen molar-refractivity contribution in [3.63, 3.8) is 0 Å². The van der Waals surface area contributed by atoms with Gasteiger partial charge in [-0.25, -0.2) is 0 Å². The second kappa shape index (κ2) is 10.6. The van der Waals surface area contributed by atoms with Crippen LogP contribution in [0.15, 0.2) is 0 Å². The van der Waals surface area contributed by atoms with E-state index in [4.69, 9.17) is 5.73 Å². The highest BCUT2D eigenvalue weighted by Gasteiger charge is 2.25. The summed E-state index contributed by atoms with van der Waals surface area (Å²) >= 11 is 0. The molecule has 0 aromatic carbocycles. The maximum atomic E-state index is 12.4. The monoisotopic (exact) mass is 380 g/mol. The van der Waals surface area contributed by atoms with Crippen LogP contribution in [0.4, 0.5) is 0 Å². The molecule has 154 valence electrons. The number of carbonyl (C=O) groups is 3. The van der Waals surface area contributed by atoms with Crippen LogP contribution < -0.4 is 11.1 Å². The maximum Gasteiger partial charge on any atom is 0.242 e. The van der Waals surface area contributed by atoms with Crippen molar-refractivity contribution in [1.82, 2.24) is 15.1 Å². The molecular weight excluding hydrogens is 344 g/mol. The summed E-state index contributed by atoms with van der Waals surface area (Å²) in [6, 6.07) is -0.601. The van der Waals surface area contributed by atoms with Crippen molar-refractivity contribution in [2.45, 2.75) is 64.8 Å². The van der Waals surface area contributed by atoms with E-state index in [-0.39, 0.29) is 30.2 Å². The Labute approximate surface area is 163 Å². The number of carbonyl (C=O) groups excluding carboxylic acids is 3. The predicted octanol–water partition coefficient (Wildman–Crippen LogP) is 1.12. The second-order valence-electron chi connectivity index (χ2n) is 8.29. The van der Waals surface area contributed by atoms with Gasteiger partial charge in [0.2, 0.25) is 17.7 Å². The minimum Gasteiger partial charge on any atom is -0.346 e. The van der Waals surface area contributed by atoms with Crippen molar-refractivity contribution in [1.29, 1.82) is 0 Å². The maximum absolute atomic E-state index is 12.4. The number of rotatable bonds is 7. The van der Waals surface area contributed by atoms with Crippen molar-refractivity contribution >= 4 is 17.7 Å². The summed E-state index contributed by atoms with van der Waals surface area (Å²) in [6.45, 7) is 5.92. The molecule has 1 aliphatic heterocycles. The first-order valence-electron chi connectivity index (χ1n) is 10.5. The minimum atomic E-state index is -0.601. The fourth-order valence-electron chi connectivity index (χ4n) is 3.86. The van der Waals surface area contributed by atoms with Crippen molar-refractivity contribution in [3.05, 3.63) is 0 Å². The molecule has 7 heteroatoms. The van der Waals surface area contributed by atoms with Crippen molar-refractivity contribution < 1.29 is 14.4 Å². The molecule has 0 aromatic heterocycles. The zero-order chi connectivity index (χ0) is 19.8.